The van der Waals surface area contributed by atoms with Gasteiger partial charge in [-0.05, 0) is 47.5 Å². The van der Waals surface area contributed by atoms with Crippen LogP contribution in [0.3, 0.4) is 0 Å². The van der Waals surface area contributed by atoms with E-state index in [4.69, 9.17) is 5.14 Å². The van der Waals surface area contributed by atoms with E-state index in [0.29, 0.717) is 4.47 Å². The van der Waals surface area contributed by atoms with Crippen molar-refractivity contribution in [2.45, 2.75) is 37.6 Å². The summed E-state index contributed by atoms with van der Waals surface area (Å²) in [5.41, 5.74) is 0.259. The zero-order valence-electron chi connectivity index (χ0n) is 10.8. The molecule has 19 heavy (non-hydrogen) atoms. The van der Waals surface area contributed by atoms with E-state index < -0.39 is 10.0 Å². The van der Waals surface area contributed by atoms with E-state index in [1.54, 1.807) is 0 Å². The van der Waals surface area contributed by atoms with Gasteiger partial charge in [0.2, 0.25) is 10.0 Å². The zero-order chi connectivity index (χ0) is 14.6. The van der Waals surface area contributed by atoms with Crippen molar-refractivity contribution >= 4 is 31.9 Å². The molecular weight excluding hydrogens is 332 g/mol. The summed E-state index contributed by atoms with van der Waals surface area (Å²) in [7, 11) is -3.82. The van der Waals surface area contributed by atoms with E-state index in [1.807, 2.05) is 13.8 Å². The zero-order valence-corrected chi connectivity index (χ0v) is 13.2. The molecule has 1 amide bonds. The van der Waals surface area contributed by atoms with Crippen LogP contribution in [-0.2, 0) is 10.0 Å². The van der Waals surface area contributed by atoms with Gasteiger partial charge in [0.1, 0.15) is 0 Å². The van der Waals surface area contributed by atoms with E-state index in [1.165, 1.54) is 18.2 Å². The van der Waals surface area contributed by atoms with Gasteiger partial charge in [0.25, 0.3) is 5.91 Å². The van der Waals surface area contributed by atoms with Gasteiger partial charge in [-0.2, -0.15) is 0 Å². The molecule has 0 spiro atoms. The molecule has 0 radical (unpaired) electrons. The van der Waals surface area contributed by atoms with Gasteiger partial charge in [0, 0.05) is 10.5 Å². The van der Waals surface area contributed by atoms with E-state index in [-0.39, 0.29) is 22.4 Å². The van der Waals surface area contributed by atoms with Crippen molar-refractivity contribution in [1.82, 2.24) is 5.32 Å². The number of carbonyl (C=O) groups is 1. The van der Waals surface area contributed by atoms with Gasteiger partial charge < -0.3 is 5.32 Å². The average Bonchev–Trinajstić information content (AvgIpc) is 2.27. The fourth-order valence-electron chi connectivity index (χ4n) is 1.66. The number of benzene rings is 1. The second kappa shape index (κ2) is 6.49. The number of nitrogens with one attached hydrogen (secondary N) is 1. The second-order valence-corrected chi connectivity index (χ2v) is 6.77. The Balaban J connectivity index is 3.03. The number of primary sulfonamides is 1. The predicted octanol–water partition coefficient (Wildman–Crippen LogP) is 2.01. The quantitative estimate of drug-likeness (QED) is 0.852. The van der Waals surface area contributed by atoms with E-state index in [0.717, 1.165) is 12.8 Å². The molecule has 0 bridgehead atoms. The van der Waals surface area contributed by atoms with E-state index in [9.17, 15) is 13.2 Å². The molecule has 1 aromatic rings. The molecule has 0 saturated carbocycles. The van der Waals surface area contributed by atoms with Crippen LogP contribution in [0, 0.1) is 0 Å². The number of carbonyl (C=O) groups excluding carboxylic acids is 1. The first-order valence-corrected chi connectivity index (χ1v) is 8.22. The summed E-state index contributed by atoms with van der Waals surface area (Å²) in [6, 6.07) is 4.15. The molecule has 0 aromatic heterocycles. The standard InChI is InChI=1S/C12H17BrN2O3S/c1-3-4-8(2)15-12(16)10-7-9(19(14,17)18)5-6-11(10)13/h5-8H,3-4H2,1-2H3,(H,15,16)(H2,14,17,18). The van der Waals surface area contributed by atoms with E-state index in [2.05, 4.69) is 21.2 Å². The van der Waals surface area contributed by atoms with Gasteiger partial charge in [-0.1, -0.05) is 13.3 Å². The lowest BCUT2D eigenvalue weighted by molar-refractivity contribution is 0.0937. The van der Waals surface area contributed by atoms with Crippen LogP contribution in [0.2, 0.25) is 0 Å². The van der Waals surface area contributed by atoms with Crippen LogP contribution in [-0.4, -0.2) is 20.4 Å². The molecule has 0 heterocycles. The van der Waals surface area contributed by atoms with Gasteiger partial charge in [0.05, 0.1) is 10.5 Å². The highest BCUT2D eigenvalue weighted by molar-refractivity contribution is 9.10. The lowest BCUT2D eigenvalue weighted by Crippen LogP contribution is -2.32. The smallest absolute Gasteiger partial charge is 0.252 e. The fourth-order valence-corrected chi connectivity index (χ4v) is 2.63. The molecule has 7 heteroatoms. The van der Waals surface area contributed by atoms with Crippen molar-refractivity contribution in [1.29, 1.82) is 0 Å². The van der Waals surface area contributed by atoms with Crippen molar-refractivity contribution < 1.29 is 13.2 Å². The monoisotopic (exact) mass is 348 g/mol. The SMILES string of the molecule is CCCC(C)NC(=O)c1cc(S(N)(=O)=O)ccc1Br. The highest BCUT2D eigenvalue weighted by atomic mass is 79.9. The Labute approximate surface area is 121 Å². The molecule has 1 rings (SSSR count). The van der Waals surface area contributed by atoms with Crippen molar-refractivity contribution in [2.75, 3.05) is 0 Å². The minimum atomic E-state index is -3.82. The lowest BCUT2D eigenvalue weighted by atomic mass is 10.1. The number of hydrogen-bond donors (Lipinski definition) is 2. The van der Waals surface area contributed by atoms with Crippen LogP contribution in [0.4, 0.5) is 0 Å². The number of amides is 1. The molecule has 3 N–H and O–H groups in total. The predicted molar refractivity (Wildman–Crippen MR) is 77.4 cm³/mol. The van der Waals surface area contributed by atoms with E-state index >= 15 is 0 Å². The van der Waals surface area contributed by atoms with Crippen molar-refractivity contribution in [3.63, 3.8) is 0 Å². The first-order chi connectivity index (χ1) is 8.75. The molecule has 0 aliphatic carbocycles. The number of hydrogen-bond acceptors (Lipinski definition) is 3. The summed E-state index contributed by atoms with van der Waals surface area (Å²) >= 11 is 3.23. The topological polar surface area (TPSA) is 89.3 Å². The Bertz CT molecular complexity index is 572. The summed E-state index contributed by atoms with van der Waals surface area (Å²) in [5, 5.41) is 7.86. The molecule has 1 aromatic carbocycles. The largest absolute Gasteiger partial charge is 0.350 e. The summed E-state index contributed by atoms with van der Waals surface area (Å²) in [6.07, 6.45) is 1.82. The van der Waals surface area contributed by atoms with Crippen LogP contribution in [0.1, 0.15) is 37.0 Å². The summed E-state index contributed by atoms with van der Waals surface area (Å²) in [6.45, 7) is 3.93. The molecule has 0 saturated heterocycles. The average molecular weight is 349 g/mol. The number of rotatable bonds is 5. The Kier molecular flexibility index (Phi) is 5.51. The Hall–Kier alpha value is -0.920. The maximum absolute atomic E-state index is 12.1. The Morgan fingerprint density at radius 2 is 2.11 bits per heavy atom. The summed E-state index contributed by atoms with van der Waals surface area (Å²) < 4.78 is 23.1. The molecule has 106 valence electrons. The number of halogens is 1. The van der Waals surface area contributed by atoms with Crippen LogP contribution in [0.25, 0.3) is 0 Å². The molecule has 0 fully saturated rings. The van der Waals surface area contributed by atoms with Crippen LogP contribution in [0.15, 0.2) is 27.6 Å². The first-order valence-electron chi connectivity index (χ1n) is 5.89. The van der Waals surface area contributed by atoms with Gasteiger partial charge in [-0.15, -0.1) is 0 Å². The highest BCUT2D eigenvalue weighted by Gasteiger charge is 2.16. The maximum atomic E-state index is 12.1. The highest BCUT2D eigenvalue weighted by Crippen LogP contribution is 2.20. The molecule has 1 atom stereocenters. The Morgan fingerprint density at radius 3 is 2.63 bits per heavy atom. The molecule has 0 aliphatic rings. The molecule has 5 nitrogen and oxygen atoms in total. The first kappa shape index (κ1) is 16.1. The number of nitrogens with two attached hydrogens (primary N) is 1. The minimum absolute atomic E-state index is 0.0301. The van der Waals surface area contributed by atoms with Gasteiger partial charge in [0.15, 0.2) is 0 Å². The van der Waals surface area contributed by atoms with Crippen molar-refractivity contribution in [2.24, 2.45) is 5.14 Å². The number of sulfonamides is 1. The third-order valence-corrected chi connectivity index (χ3v) is 4.21. The second-order valence-electron chi connectivity index (χ2n) is 4.35. The summed E-state index contributed by atoms with van der Waals surface area (Å²) in [5.74, 6) is -0.321. The molecular formula is C12H17BrN2O3S. The van der Waals surface area contributed by atoms with Gasteiger partial charge in [-0.3, -0.25) is 4.79 Å². The van der Waals surface area contributed by atoms with Gasteiger partial charge >= 0.3 is 0 Å². The van der Waals surface area contributed by atoms with Crippen LogP contribution < -0.4 is 10.5 Å². The van der Waals surface area contributed by atoms with Crippen molar-refractivity contribution in [3.05, 3.63) is 28.2 Å². The van der Waals surface area contributed by atoms with Gasteiger partial charge in [-0.25, -0.2) is 13.6 Å². The minimum Gasteiger partial charge on any atom is -0.350 e. The molecule has 0 aliphatic heterocycles. The third kappa shape index (κ3) is 4.59. The lowest BCUT2D eigenvalue weighted by Gasteiger charge is -2.14. The van der Waals surface area contributed by atoms with Crippen LogP contribution in [0.5, 0.6) is 0 Å². The maximum Gasteiger partial charge on any atom is 0.252 e. The Morgan fingerprint density at radius 1 is 1.47 bits per heavy atom. The van der Waals surface area contributed by atoms with Crippen LogP contribution >= 0.6 is 15.9 Å². The fraction of sp³-hybridized carbons (Fsp3) is 0.417. The summed E-state index contributed by atoms with van der Waals surface area (Å²) in [4.78, 5) is 12.0. The third-order valence-electron chi connectivity index (χ3n) is 2.61. The molecule has 1 unspecified atom stereocenters. The van der Waals surface area contributed by atoms with Crippen molar-refractivity contribution in [3.8, 4) is 0 Å². The normalized spacial score (nSPS) is 13.1.